The lowest BCUT2D eigenvalue weighted by Gasteiger charge is -2.25. The Kier molecular flexibility index (Phi) is 5.30. The van der Waals surface area contributed by atoms with E-state index in [1.807, 2.05) is 6.92 Å². The molecule has 0 aromatic heterocycles. The maximum atomic E-state index is 14.7. The number of aliphatic hydroxyl groups is 1. The van der Waals surface area contributed by atoms with E-state index >= 15 is 0 Å². The molecular weight excluding hydrogens is 389 g/mol. The maximum absolute atomic E-state index is 14.7. The Hall–Kier alpha value is -3.19. The predicted molar refractivity (Wildman–Crippen MR) is 108 cm³/mol. The lowest BCUT2D eigenvalue weighted by atomic mass is 9.94. The number of hydrogen-bond acceptors (Lipinski definition) is 5. The Morgan fingerprint density at radius 2 is 2.03 bits per heavy atom. The number of likely N-dealkylation sites (tertiary alicyclic amines) is 1. The highest BCUT2D eigenvalue weighted by Gasteiger charge is 2.46. The standard InChI is InChI=1S/C23H22FNO5/c1-13-11-15-12-14(7-8-18(15)30-13)21(26)19-20(16-5-3-4-6-17(16)24)25(9-10-29-2)23(28)22(19)27/h3-8,12-13,20,26H,9-11H2,1-2H3/b21-19+/t13-,20-/m1/s1. The molecular formula is C23H22FNO5. The number of amides is 1. The van der Waals surface area contributed by atoms with Crippen LogP contribution in [0.5, 0.6) is 5.75 Å². The van der Waals surface area contributed by atoms with Crippen molar-refractivity contribution in [3.63, 3.8) is 0 Å². The third-order valence-corrected chi connectivity index (χ3v) is 5.45. The van der Waals surface area contributed by atoms with Crippen molar-refractivity contribution in [2.75, 3.05) is 20.3 Å². The van der Waals surface area contributed by atoms with Gasteiger partial charge in [-0.05, 0) is 36.8 Å². The van der Waals surface area contributed by atoms with Crippen LogP contribution in [0, 0.1) is 5.82 Å². The third-order valence-electron chi connectivity index (χ3n) is 5.45. The molecule has 2 aliphatic rings. The van der Waals surface area contributed by atoms with E-state index in [0.717, 1.165) is 11.3 Å². The van der Waals surface area contributed by atoms with Crippen LogP contribution in [0.3, 0.4) is 0 Å². The van der Waals surface area contributed by atoms with Crippen LogP contribution < -0.4 is 4.74 Å². The number of methoxy groups -OCH3 is 1. The zero-order valence-corrected chi connectivity index (χ0v) is 16.7. The summed E-state index contributed by atoms with van der Waals surface area (Å²) in [5.41, 5.74) is 1.31. The molecule has 0 unspecified atom stereocenters. The third kappa shape index (κ3) is 3.35. The first-order chi connectivity index (χ1) is 14.4. The number of hydrogen-bond donors (Lipinski definition) is 1. The average Bonchev–Trinajstić information content (AvgIpc) is 3.22. The molecule has 30 heavy (non-hydrogen) atoms. The molecule has 6 nitrogen and oxygen atoms in total. The normalized spacial score (nSPS) is 22.3. The van der Waals surface area contributed by atoms with Gasteiger partial charge in [-0.1, -0.05) is 18.2 Å². The summed E-state index contributed by atoms with van der Waals surface area (Å²) in [6, 6.07) is 10.0. The highest BCUT2D eigenvalue weighted by Crippen LogP contribution is 2.41. The number of halogens is 1. The fourth-order valence-electron chi connectivity index (χ4n) is 4.05. The van der Waals surface area contributed by atoms with Gasteiger partial charge in [0.2, 0.25) is 0 Å². The van der Waals surface area contributed by atoms with Crippen molar-refractivity contribution in [1.29, 1.82) is 0 Å². The molecule has 2 atom stereocenters. The summed E-state index contributed by atoms with van der Waals surface area (Å²) in [5.74, 6) is -1.80. The van der Waals surface area contributed by atoms with Crippen LogP contribution in [0.4, 0.5) is 4.39 Å². The Balaban J connectivity index is 1.85. The number of ether oxygens (including phenoxy) is 2. The van der Waals surface area contributed by atoms with Gasteiger partial charge < -0.3 is 19.5 Å². The van der Waals surface area contributed by atoms with Crippen molar-refractivity contribution in [2.24, 2.45) is 0 Å². The summed E-state index contributed by atoms with van der Waals surface area (Å²) < 4.78 is 25.4. The summed E-state index contributed by atoms with van der Waals surface area (Å²) in [4.78, 5) is 26.8. The van der Waals surface area contributed by atoms with Crippen molar-refractivity contribution in [1.82, 2.24) is 4.90 Å². The van der Waals surface area contributed by atoms with Gasteiger partial charge in [0.15, 0.2) is 0 Å². The van der Waals surface area contributed by atoms with E-state index in [9.17, 15) is 19.1 Å². The minimum Gasteiger partial charge on any atom is -0.507 e. The molecule has 7 heteroatoms. The van der Waals surface area contributed by atoms with Crippen molar-refractivity contribution < 1.29 is 28.6 Å². The first-order valence-corrected chi connectivity index (χ1v) is 9.74. The largest absolute Gasteiger partial charge is 0.507 e. The minimum absolute atomic E-state index is 0.0236. The molecule has 0 spiro atoms. The predicted octanol–water partition coefficient (Wildman–Crippen LogP) is 3.22. The molecule has 0 aliphatic carbocycles. The monoisotopic (exact) mass is 411 g/mol. The topological polar surface area (TPSA) is 76.1 Å². The molecule has 2 aromatic carbocycles. The first kappa shape index (κ1) is 20.1. The number of rotatable bonds is 5. The average molecular weight is 411 g/mol. The molecule has 1 amide bonds. The molecule has 2 aromatic rings. The van der Waals surface area contributed by atoms with Gasteiger partial charge >= 0.3 is 0 Å². The van der Waals surface area contributed by atoms with E-state index in [1.54, 1.807) is 24.3 Å². The Labute approximate surface area is 173 Å². The number of benzene rings is 2. The van der Waals surface area contributed by atoms with E-state index in [-0.39, 0.29) is 36.2 Å². The van der Waals surface area contributed by atoms with E-state index < -0.39 is 23.5 Å². The molecule has 2 aliphatic heterocycles. The van der Waals surface area contributed by atoms with Crippen LogP contribution in [0.1, 0.15) is 29.7 Å². The summed E-state index contributed by atoms with van der Waals surface area (Å²) in [6.45, 7) is 2.21. The number of fused-ring (bicyclic) bond motifs is 1. The SMILES string of the molecule is COCCN1C(=O)C(=O)/C(=C(/O)c2ccc3c(c2)C[C@@H](C)O3)[C@H]1c1ccccc1F. The quantitative estimate of drug-likeness (QED) is 0.465. The molecule has 0 bridgehead atoms. The number of carbonyl (C=O) groups excluding carboxylic acids is 2. The van der Waals surface area contributed by atoms with E-state index in [1.165, 1.54) is 30.2 Å². The molecule has 0 radical (unpaired) electrons. The van der Waals surface area contributed by atoms with E-state index in [4.69, 9.17) is 9.47 Å². The number of carbonyl (C=O) groups is 2. The highest BCUT2D eigenvalue weighted by molar-refractivity contribution is 6.46. The highest BCUT2D eigenvalue weighted by atomic mass is 19.1. The zero-order chi connectivity index (χ0) is 21.4. The number of aliphatic hydroxyl groups excluding tert-OH is 1. The summed E-state index contributed by atoms with van der Waals surface area (Å²) >= 11 is 0. The maximum Gasteiger partial charge on any atom is 0.295 e. The first-order valence-electron chi connectivity index (χ1n) is 9.74. The Bertz CT molecular complexity index is 1050. The summed E-state index contributed by atoms with van der Waals surface area (Å²) in [6.07, 6.45) is 0.700. The molecule has 1 N–H and O–H groups in total. The van der Waals surface area contributed by atoms with E-state index in [2.05, 4.69) is 0 Å². The van der Waals surface area contributed by atoms with Crippen LogP contribution in [0.2, 0.25) is 0 Å². The van der Waals surface area contributed by atoms with Gasteiger partial charge in [0.25, 0.3) is 11.7 Å². The van der Waals surface area contributed by atoms with Gasteiger partial charge in [0, 0.05) is 31.2 Å². The summed E-state index contributed by atoms with van der Waals surface area (Å²) in [5, 5.41) is 11.1. The minimum atomic E-state index is -1.04. The van der Waals surface area contributed by atoms with Gasteiger partial charge in [-0.15, -0.1) is 0 Å². The van der Waals surface area contributed by atoms with Crippen molar-refractivity contribution in [3.8, 4) is 5.75 Å². The van der Waals surface area contributed by atoms with Crippen molar-refractivity contribution in [3.05, 3.63) is 70.5 Å². The van der Waals surface area contributed by atoms with Crippen LogP contribution >= 0.6 is 0 Å². The van der Waals surface area contributed by atoms with Crippen LogP contribution in [0.15, 0.2) is 48.0 Å². The van der Waals surface area contributed by atoms with Gasteiger partial charge in [-0.3, -0.25) is 9.59 Å². The Morgan fingerprint density at radius 3 is 2.77 bits per heavy atom. The van der Waals surface area contributed by atoms with Crippen molar-refractivity contribution in [2.45, 2.75) is 25.5 Å². The number of nitrogens with zero attached hydrogens (tertiary/aromatic N) is 1. The fourth-order valence-corrected chi connectivity index (χ4v) is 4.05. The molecule has 2 heterocycles. The van der Waals surface area contributed by atoms with Gasteiger partial charge in [-0.2, -0.15) is 0 Å². The molecule has 1 saturated heterocycles. The van der Waals surface area contributed by atoms with Gasteiger partial charge in [-0.25, -0.2) is 4.39 Å². The lowest BCUT2D eigenvalue weighted by molar-refractivity contribution is -0.140. The lowest BCUT2D eigenvalue weighted by Crippen LogP contribution is -2.33. The molecule has 1 fully saturated rings. The zero-order valence-electron chi connectivity index (χ0n) is 16.7. The molecule has 4 rings (SSSR count). The number of Topliss-reactive ketones (excluding diaryl/α,β-unsaturated/α-hetero) is 1. The fraction of sp³-hybridized carbons (Fsp3) is 0.304. The summed E-state index contributed by atoms with van der Waals surface area (Å²) in [7, 11) is 1.47. The van der Waals surface area contributed by atoms with Gasteiger partial charge in [0.1, 0.15) is 23.4 Å². The van der Waals surface area contributed by atoms with Crippen LogP contribution in [-0.2, 0) is 20.7 Å². The second-order valence-corrected chi connectivity index (χ2v) is 7.46. The Morgan fingerprint density at radius 1 is 1.27 bits per heavy atom. The van der Waals surface area contributed by atoms with Crippen molar-refractivity contribution >= 4 is 17.4 Å². The number of ketones is 1. The van der Waals surface area contributed by atoms with E-state index in [0.29, 0.717) is 12.0 Å². The van der Waals surface area contributed by atoms with Crippen LogP contribution in [0.25, 0.3) is 5.76 Å². The second-order valence-electron chi connectivity index (χ2n) is 7.46. The smallest absolute Gasteiger partial charge is 0.295 e. The van der Waals surface area contributed by atoms with Crippen LogP contribution in [-0.4, -0.2) is 48.1 Å². The molecule has 156 valence electrons. The van der Waals surface area contributed by atoms with Gasteiger partial charge in [0.05, 0.1) is 18.2 Å². The second kappa shape index (κ2) is 7.91. The molecule has 0 saturated carbocycles.